The largest absolute Gasteiger partial charge is 0.310 e. The predicted molar refractivity (Wildman–Crippen MR) is 238 cm³/mol. The maximum absolute atomic E-state index is 9.41. The average Bonchev–Trinajstić information content (AvgIpc) is 3.32. The molecule has 0 amide bonds. The van der Waals surface area contributed by atoms with Crippen molar-refractivity contribution in [3.8, 4) is 44.5 Å². The van der Waals surface area contributed by atoms with Crippen molar-refractivity contribution in [2.75, 3.05) is 9.80 Å². The molecule has 0 radical (unpaired) electrons. The molecule has 9 aromatic rings. The van der Waals surface area contributed by atoms with Crippen LogP contribution in [-0.2, 0) is 0 Å². The van der Waals surface area contributed by atoms with E-state index in [9.17, 15) is 5.48 Å². The molecule has 0 atom stereocenters. The van der Waals surface area contributed by atoms with Crippen LogP contribution in [0.15, 0.2) is 243 Å². The minimum Gasteiger partial charge on any atom is -0.310 e. The minimum absolute atomic E-state index is 0.0991. The Morgan fingerprint density at radius 1 is 0.232 bits per heavy atom. The van der Waals surface area contributed by atoms with Crippen LogP contribution < -0.4 is 9.80 Å². The maximum atomic E-state index is 9.41. The highest BCUT2D eigenvalue weighted by atomic mass is 15.1. The van der Waals surface area contributed by atoms with Crippen LogP contribution in [0, 0.1) is 0 Å². The van der Waals surface area contributed by atoms with Crippen molar-refractivity contribution in [2.24, 2.45) is 0 Å². The number of para-hydroxylation sites is 4. The maximum Gasteiger partial charge on any atom is 0.0645 e. The normalized spacial score (nSPS) is 11.9. The van der Waals surface area contributed by atoms with Crippen molar-refractivity contribution in [3.63, 3.8) is 0 Å². The topological polar surface area (TPSA) is 6.48 Å². The first-order valence-electron chi connectivity index (χ1n) is 20.8. The van der Waals surface area contributed by atoms with Gasteiger partial charge >= 0.3 is 0 Å². The molecule has 0 N–H and O–H groups in total. The van der Waals surface area contributed by atoms with Crippen LogP contribution in [0.2, 0.25) is 0 Å². The molecule has 9 rings (SSSR count). The zero-order valence-electron chi connectivity index (χ0n) is 34.7. The zero-order chi connectivity index (χ0) is 41.0. The Balaban J connectivity index is 1.07. The van der Waals surface area contributed by atoms with Gasteiger partial charge in [0, 0.05) is 33.9 Å². The molecule has 56 heavy (non-hydrogen) atoms. The lowest BCUT2D eigenvalue weighted by molar-refractivity contribution is 1.28. The Morgan fingerprint density at radius 2 is 0.554 bits per heavy atom. The fraction of sp³-hybridized carbons (Fsp3) is 0. The molecule has 0 heterocycles. The van der Waals surface area contributed by atoms with Crippen molar-refractivity contribution >= 4 is 34.1 Å². The molecular formula is C54H40N2. The van der Waals surface area contributed by atoms with Crippen molar-refractivity contribution in [2.45, 2.75) is 0 Å². The summed E-state index contributed by atoms with van der Waals surface area (Å²) in [5, 5.41) is 0. The molecule has 0 fully saturated rings. The average molecular weight is 721 g/mol. The Morgan fingerprint density at radius 3 is 1.00 bits per heavy atom. The van der Waals surface area contributed by atoms with Gasteiger partial charge in [0.15, 0.2) is 0 Å². The van der Waals surface area contributed by atoms with Crippen LogP contribution >= 0.6 is 0 Å². The van der Waals surface area contributed by atoms with Gasteiger partial charge < -0.3 is 9.80 Å². The van der Waals surface area contributed by atoms with E-state index in [1.807, 2.05) is 126 Å². The Labute approximate surface area is 335 Å². The summed E-state index contributed by atoms with van der Waals surface area (Å²) in [5.74, 6) is 0. The molecular weight excluding hydrogens is 677 g/mol. The van der Waals surface area contributed by atoms with E-state index < -0.39 is 0 Å². The summed E-state index contributed by atoms with van der Waals surface area (Å²) in [5.41, 5.74) is 11.9. The van der Waals surface area contributed by atoms with Crippen LogP contribution in [0.5, 0.6) is 0 Å². The van der Waals surface area contributed by atoms with E-state index in [1.165, 1.54) is 0 Å². The predicted octanol–water partition coefficient (Wildman–Crippen LogP) is 15.3. The quantitative estimate of drug-likeness (QED) is 0.139. The third-order valence-corrected chi connectivity index (χ3v) is 9.96. The molecule has 0 saturated heterocycles. The Bertz CT molecular complexity index is 2860. The van der Waals surface area contributed by atoms with Crippen molar-refractivity contribution in [3.05, 3.63) is 243 Å². The van der Waals surface area contributed by atoms with E-state index in [0.29, 0.717) is 5.56 Å². The Kier molecular flexibility index (Phi) is 8.51. The van der Waals surface area contributed by atoms with E-state index in [-0.39, 0.29) is 35.4 Å². The van der Waals surface area contributed by atoms with Gasteiger partial charge in [0.1, 0.15) is 0 Å². The fourth-order valence-corrected chi connectivity index (χ4v) is 7.23. The lowest BCUT2D eigenvalue weighted by atomic mass is 9.99. The molecule has 0 spiro atoms. The summed E-state index contributed by atoms with van der Waals surface area (Å²) in [4.78, 5) is 4.12. The number of rotatable bonds is 10. The summed E-state index contributed by atoms with van der Waals surface area (Å²) in [6.45, 7) is 0. The van der Waals surface area contributed by atoms with Crippen LogP contribution in [0.4, 0.5) is 34.1 Å². The molecule has 0 bridgehead atoms. The van der Waals surface area contributed by atoms with E-state index in [1.54, 1.807) is 0 Å². The highest BCUT2D eigenvalue weighted by molar-refractivity contribution is 5.90. The zero-order valence-corrected chi connectivity index (χ0v) is 30.7. The van der Waals surface area contributed by atoms with Gasteiger partial charge in [-0.05, 0) is 94.0 Å². The lowest BCUT2D eigenvalue weighted by Crippen LogP contribution is -2.11. The first-order chi connectivity index (χ1) is 29.5. The third-order valence-electron chi connectivity index (χ3n) is 9.96. The first-order valence-corrected chi connectivity index (χ1v) is 18.8. The molecule has 0 unspecified atom stereocenters. The smallest absolute Gasteiger partial charge is 0.0645 e. The summed E-state index contributed by atoms with van der Waals surface area (Å²) >= 11 is 0. The van der Waals surface area contributed by atoms with Gasteiger partial charge in [0.2, 0.25) is 0 Å². The molecule has 9 aromatic carbocycles. The van der Waals surface area contributed by atoms with Gasteiger partial charge in [-0.2, -0.15) is 0 Å². The van der Waals surface area contributed by atoms with E-state index in [0.717, 1.165) is 61.8 Å². The highest BCUT2D eigenvalue weighted by Gasteiger charge is 2.18. The molecule has 2 heteroatoms. The second kappa shape index (κ2) is 15.9. The second-order valence-corrected chi connectivity index (χ2v) is 13.5. The van der Waals surface area contributed by atoms with Crippen molar-refractivity contribution < 1.29 is 5.48 Å². The number of anilines is 6. The van der Waals surface area contributed by atoms with Gasteiger partial charge in [-0.15, -0.1) is 0 Å². The van der Waals surface area contributed by atoms with Gasteiger partial charge in [-0.25, -0.2) is 0 Å². The van der Waals surface area contributed by atoms with Gasteiger partial charge in [-0.1, -0.05) is 182 Å². The van der Waals surface area contributed by atoms with Gasteiger partial charge in [0.25, 0.3) is 0 Å². The van der Waals surface area contributed by atoms with Crippen LogP contribution in [0.1, 0.15) is 5.48 Å². The Hall–Kier alpha value is -7.42. The number of hydrogen-bond donors (Lipinski definition) is 0. The molecule has 0 aliphatic heterocycles. The van der Waals surface area contributed by atoms with Crippen LogP contribution in [0.3, 0.4) is 0 Å². The van der Waals surface area contributed by atoms with E-state index >= 15 is 0 Å². The minimum atomic E-state index is -0.116. The van der Waals surface area contributed by atoms with Crippen LogP contribution in [0.25, 0.3) is 44.5 Å². The molecule has 266 valence electrons. The van der Waals surface area contributed by atoms with Crippen LogP contribution in [-0.4, -0.2) is 0 Å². The van der Waals surface area contributed by atoms with E-state index in [2.05, 4.69) is 102 Å². The van der Waals surface area contributed by atoms with Crippen molar-refractivity contribution in [1.82, 2.24) is 0 Å². The molecule has 0 aromatic heterocycles. The van der Waals surface area contributed by atoms with Crippen molar-refractivity contribution in [1.29, 1.82) is 0 Å². The monoisotopic (exact) mass is 720 g/mol. The highest BCUT2D eigenvalue weighted by Crippen LogP contribution is 2.43. The third kappa shape index (κ3) is 7.12. The van der Waals surface area contributed by atoms with Gasteiger partial charge in [0.05, 0.1) is 16.9 Å². The van der Waals surface area contributed by atoms with E-state index in [4.69, 9.17) is 0 Å². The summed E-state index contributed by atoms with van der Waals surface area (Å²) in [6.07, 6.45) is 0. The molecule has 0 saturated carbocycles. The SMILES string of the molecule is [2H]c1c([2H])c(N(c2ccccc2)c2ccccc2-c2ccccc2)c([2H])c([2H])c1-c1ccc(-c2ccc(N(c3ccccc3)c3ccccc3-c3ccccc3)cc2)cc1. The first kappa shape index (κ1) is 30.0. The second-order valence-electron chi connectivity index (χ2n) is 13.5. The lowest BCUT2D eigenvalue weighted by Gasteiger charge is -2.28. The molecule has 0 aliphatic carbocycles. The summed E-state index contributed by atoms with van der Waals surface area (Å²) in [6, 6.07) is 72.6. The fourth-order valence-electron chi connectivity index (χ4n) is 7.23. The molecule has 2 nitrogen and oxygen atoms in total. The number of nitrogens with zero attached hydrogens (tertiary/aromatic N) is 2. The standard InChI is InChI=1S/C54H40N2/c1-5-17-45(18-6-1)51-25-13-15-27-53(51)55(47-21-9-3-10-22-47)49-37-33-43(34-38-49)41-29-31-42(32-30-41)44-35-39-50(40-36-44)56(48-23-11-4-12-24-48)54-28-16-14-26-52(54)46-19-7-2-8-20-46/h1-40H/i33D,34D,37D,38D. The summed E-state index contributed by atoms with van der Waals surface area (Å²) < 4.78 is 37.5. The summed E-state index contributed by atoms with van der Waals surface area (Å²) in [7, 11) is 0. The number of benzene rings is 9. The molecule has 0 aliphatic rings. The number of hydrogen-bond acceptors (Lipinski definition) is 2. The van der Waals surface area contributed by atoms with Gasteiger partial charge in [-0.3, -0.25) is 0 Å².